The molecule has 0 radical (unpaired) electrons. The van der Waals surface area contributed by atoms with Crippen LogP contribution in [0.3, 0.4) is 0 Å². The van der Waals surface area contributed by atoms with Gasteiger partial charge in [-0.05, 0) is 61.5 Å². The lowest BCUT2D eigenvalue weighted by Gasteiger charge is -2.26. The Morgan fingerprint density at radius 1 is 1.19 bits per heavy atom. The summed E-state index contributed by atoms with van der Waals surface area (Å²) < 4.78 is 35.6. The van der Waals surface area contributed by atoms with Crippen molar-refractivity contribution in [2.24, 2.45) is 0 Å². The second-order valence-electron chi connectivity index (χ2n) is 8.85. The number of aromatic nitrogens is 2. The first-order valence-corrected chi connectivity index (χ1v) is 9.93. The van der Waals surface area contributed by atoms with Crippen molar-refractivity contribution in [1.82, 2.24) is 9.88 Å². The molecule has 0 aromatic carbocycles. The van der Waals surface area contributed by atoms with E-state index in [2.05, 4.69) is 81.3 Å². The fraction of sp³-hybridized carbons (Fsp3) is 0.667. The van der Waals surface area contributed by atoms with Crippen molar-refractivity contribution in [3.05, 3.63) is 31.4 Å². The lowest BCUT2D eigenvalue weighted by molar-refractivity contribution is -0.753. The fourth-order valence-corrected chi connectivity index (χ4v) is 2.97. The standard InChI is InChI=1S/C11H21N2.C7H13NO4S/c1-10(2,3)12-7-8-13(9-12)11(4,5)6;1-4-6(9)8-7(2,3)5-13(10,11)12/h7-9H,1-6H3;4H,1,5H2,2-3H3,(H,8,9)(H,10,11,12)/q+1;/p-1. The van der Waals surface area contributed by atoms with Gasteiger partial charge in [0.25, 0.3) is 0 Å². The van der Waals surface area contributed by atoms with Crippen LogP contribution in [0, 0.1) is 0 Å². The third-order valence-electron chi connectivity index (χ3n) is 3.37. The highest BCUT2D eigenvalue weighted by atomic mass is 32.2. The van der Waals surface area contributed by atoms with E-state index in [4.69, 9.17) is 0 Å². The van der Waals surface area contributed by atoms with Crippen molar-refractivity contribution in [2.75, 3.05) is 5.75 Å². The van der Waals surface area contributed by atoms with Gasteiger partial charge in [-0.25, -0.2) is 17.6 Å². The van der Waals surface area contributed by atoms with Crippen molar-refractivity contribution in [1.29, 1.82) is 0 Å². The third-order valence-corrected chi connectivity index (χ3v) is 4.45. The zero-order valence-electron chi connectivity index (χ0n) is 17.2. The maximum absolute atomic E-state index is 10.8. The SMILES string of the molecule is C=CC(=O)NC(C)(C)CS(=O)(=O)[O-].CC(C)(C)n1cc[n+](C(C)(C)C)c1. The summed E-state index contributed by atoms with van der Waals surface area (Å²) in [6.07, 6.45) is 7.44. The highest BCUT2D eigenvalue weighted by molar-refractivity contribution is 7.85. The predicted molar refractivity (Wildman–Crippen MR) is 102 cm³/mol. The largest absolute Gasteiger partial charge is 0.748 e. The fourth-order valence-electron chi connectivity index (χ4n) is 2.01. The van der Waals surface area contributed by atoms with Crippen LogP contribution in [-0.2, 0) is 26.0 Å². The number of hydrogen-bond acceptors (Lipinski definition) is 4. The minimum atomic E-state index is -4.33. The summed E-state index contributed by atoms with van der Waals surface area (Å²) in [5.41, 5.74) is -0.709. The molecule has 1 rings (SSSR count). The van der Waals surface area contributed by atoms with Crippen LogP contribution in [-0.4, -0.2) is 34.7 Å². The van der Waals surface area contributed by atoms with Crippen LogP contribution < -0.4 is 9.88 Å². The van der Waals surface area contributed by atoms with E-state index in [1.54, 1.807) is 0 Å². The quantitative estimate of drug-likeness (QED) is 0.485. The molecule has 0 aliphatic carbocycles. The zero-order valence-corrected chi connectivity index (χ0v) is 18.0. The summed E-state index contributed by atoms with van der Waals surface area (Å²) in [6, 6.07) is 0. The Labute approximate surface area is 157 Å². The van der Waals surface area contributed by atoms with E-state index in [0.717, 1.165) is 6.08 Å². The summed E-state index contributed by atoms with van der Waals surface area (Å²) in [7, 11) is -4.33. The Balaban J connectivity index is 0.000000481. The number of carbonyl (C=O) groups excluding carboxylic acids is 1. The van der Waals surface area contributed by atoms with Crippen LogP contribution in [0.2, 0.25) is 0 Å². The van der Waals surface area contributed by atoms with E-state index >= 15 is 0 Å². The van der Waals surface area contributed by atoms with Crippen molar-refractivity contribution in [3.63, 3.8) is 0 Å². The van der Waals surface area contributed by atoms with E-state index < -0.39 is 27.3 Å². The van der Waals surface area contributed by atoms with Gasteiger partial charge >= 0.3 is 0 Å². The normalized spacial score (nSPS) is 12.8. The van der Waals surface area contributed by atoms with Gasteiger partial charge in [-0.2, -0.15) is 0 Å². The Morgan fingerprint density at radius 3 is 1.96 bits per heavy atom. The molecule has 7 nitrogen and oxygen atoms in total. The molecule has 0 atom stereocenters. The molecule has 26 heavy (non-hydrogen) atoms. The first-order valence-electron chi connectivity index (χ1n) is 8.36. The smallest absolute Gasteiger partial charge is 0.244 e. The maximum atomic E-state index is 10.8. The number of hydrogen-bond donors (Lipinski definition) is 1. The number of carbonyl (C=O) groups is 1. The monoisotopic (exact) mass is 387 g/mol. The molecule has 1 aromatic rings. The van der Waals surface area contributed by atoms with Gasteiger partial charge in [0.05, 0.1) is 15.9 Å². The number of amides is 1. The van der Waals surface area contributed by atoms with E-state index in [1.165, 1.54) is 13.8 Å². The van der Waals surface area contributed by atoms with Crippen molar-refractivity contribution >= 4 is 16.0 Å². The third kappa shape index (κ3) is 9.72. The van der Waals surface area contributed by atoms with Gasteiger partial charge in [-0.3, -0.25) is 4.79 Å². The van der Waals surface area contributed by atoms with Gasteiger partial charge in [0.15, 0.2) is 0 Å². The molecule has 0 aliphatic heterocycles. The van der Waals surface area contributed by atoms with E-state index in [0.29, 0.717) is 0 Å². The minimum absolute atomic E-state index is 0.177. The average Bonchev–Trinajstić information content (AvgIpc) is 2.84. The Hall–Kier alpha value is -1.67. The van der Waals surface area contributed by atoms with Crippen molar-refractivity contribution in [3.8, 4) is 0 Å². The molecule has 0 spiro atoms. The van der Waals surface area contributed by atoms with Gasteiger partial charge in [-0.15, -0.1) is 0 Å². The molecule has 1 N–H and O–H groups in total. The Morgan fingerprint density at radius 2 is 1.69 bits per heavy atom. The first kappa shape index (κ1) is 24.3. The topological polar surface area (TPSA) is 95.1 Å². The predicted octanol–water partition coefficient (Wildman–Crippen LogP) is 1.90. The first-order chi connectivity index (χ1) is 11.4. The summed E-state index contributed by atoms with van der Waals surface area (Å²) >= 11 is 0. The molecular formula is C18H33N3O4S. The van der Waals surface area contributed by atoms with Gasteiger partial charge in [0.2, 0.25) is 12.2 Å². The summed E-state index contributed by atoms with van der Waals surface area (Å²) in [5.74, 6) is -1.15. The lowest BCUT2D eigenvalue weighted by Crippen LogP contribution is -2.48. The number of rotatable bonds is 4. The minimum Gasteiger partial charge on any atom is -0.748 e. The molecule has 1 amide bonds. The maximum Gasteiger partial charge on any atom is 0.244 e. The number of nitrogens with one attached hydrogen (secondary N) is 1. The van der Waals surface area contributed by atoms with Crippen LogP contribution in [0.1, 0.15) is 55.4 Å². The average molecular weight is 388 g/mol. The highest BCUT2D eigenvalue weighted by Gasteiger charge is 2.24. The van der Waals surface area contributed by atoms with Crippen LogP contribution >= 0.6 is 0 Å². The summed E-state index contributed by atoms with van der Waals surface area (Å²) in [5, 5.41) is 2.33. The van der Waals surface area contributed by atoms with E-state index in [1.807, 2.05) is 0 Å². The molecule has 0 saturated heterocycles. The van der Waals surface area contributed by atoms with Crippen LogP contribution in [0.4, 0.5) is 0 Å². The van der Waals surface area contributed by atoms with E-state index in [9.17, 15) is 17.8 Å². The molecule has 0 bridgehead atoms. The lowest BCUT2D eigenvalue weighted by atomic mass is 10.1. The Kier molecular flexibility index (Phi) is 7.81. The van der Waals surface area contributed by atoms with Crippen molar-refractivity contribution in [2.45, 2.75) is 72.0 Å². The van der Waals surface area contributed by atoms with Gasteiger partial charge < -0.3 is 9.87 Å². The number of imidazole rings is 1. The molecule has 1 heterocycles. The van der Waals surface area contributed by atoms with Crippen molar-refractivity contribution < 1.29 is 22.3 Å². The Bertz CT molecular complexity index is 692. The van der Waals surface area contributed by atoms with E-state index in [-0.39, 0.29) is 11.1 Å². The second kappa shape index (κ2) is 8.35. The second-order valence-corrected chi connectivity index (χ2v) is 10.3. The molecular weight excluding hydrogens is 354 g/mol. The van der Waals surface area contributed by atoms with Crippen LogP contribution in [0.15, 0.2) is 31.4 Å². The van der Waals surface area contributed by atoms with Crippen LogP contribution in [0.25, 0.3) is 0 Å². The molecule has 0 unspecified atom stereocenters. The molecule has 8 heteroatoms. The highest BCUT2D eigenvalue weighted by Crippen LogP contribution is 2.13. The molecule has 150 valence electrons. The van der Waals surface area contributed by atoms with Gasteiger partial charge in [0, 0.05) is 5.54 Å². The summed E-state index contributed by atoms with van der Waals surface area (Å²) in [4.78, 5) is 10.8. The summed E-state index contributed by atoms with van der Waals surface area (Å²) in [6.45, 7) is 19.3. The van der Waals surface area contributed by atoms with Gasteiger partial charge in [-0.1, -0.05) is 6.58 Å². The number of nitrogens with zero attached hydrogens (tertiary/aromatic N) is 2. The molecule has 0 saturated carbocycles. The molecule has 1 aromatic heterocycles. The zero-order chi connectivity index (χ0) is 21.0. The van der Waals surface area contributed by atoms with Crippen LogP contribution in [0.5, 0.6) is 0 Å². The molecule has 0 aliphatic rings. The van der Waals surface area contributed by atoms with Gasteiger partial charge in [0.1, 0.15) is 23.5 Å². The molecule has 0 fully saturated rings.